The van der Waals surface area contributed by atoms with Crippen molar-refractivity contribution in [1.82, 2.24) is 5.32 Å². The quantitative estimate of drug-likeness (QED) is 0.831. The Balaban J connectivity index is 2.32. The summed E-state index contributed by atoms with van der Waals surface area (Å²) in [5.41, 5.74) is -0.0439. The molecule has 0 bridgehead atoms. The molecule has 1 saturated heterocycles. The minimum atomic E-state index is -1.09. The normalized spacial score (nSPS) is 17.9. The molecule has 0 saturated carbocycles. The molecule has 1 amide bonds. The number of carbonyl (C=O) groups excluding carboxylic acids is 1. The highest BCUT2D eigenvalue weighted by molar-refractivity contribution is 5.90. The summed E-state index contributed by atoms with van der Waals surface area (Å²) >= 11 is 0. The molecule has 0 aliphatic carbocycles. The first-order valence-corrected chi connectivity index (χ1v) is 6.59. The third-order valence-corrected chi connectivity index (χ3v) is 3.53. The van der Waals surface area contributed by atoms with Gasteiger partial charge in [0, 0.05) is 19.2 Å². The fourth-order valence-electron chi connectivity index (χ4n) is 2.33. The average Bonchev–Trinajstić information content (AvgIpc) is 2.40. The van der Waals surface area contributed by atoms with E-state index in [4.69, 9.17) is 5.11 Å². The van der Waals surface area contributed by atoms with E-state index in [1.165, 1.54) is 12.1 Å². The van der Waals surface area contributed by atoms with Crippen molar-refractivity contribution >= 4 is 23.6 Å². The third kappa shape index (κ3) is 3.04. The second kappa shape index (κ2) is 5.55. The standard InChI is InChI=1S/C15H17FN2O3/c1-15(2)14(21)17-7-8-18(15)12-5-3-10(9-11(12)16)4-6-13(19)20/h3-6,9H,7-8H2,1-2H3,(H,17,21)(H,19,20). The van der Waals surface area contributed by atoms with Crippen LogP contribution in [0.2, 0.25) is 0 Å². The number of halogens is 1. The van der Waals surface area contributed by atoms with Crippen molar-refractivity contribution in [1.29, 1.82) is 0 Å². The van der Waals surface area contributed by atoms with Crippen LogP contribution in [0.4, 0.5) is 10.1 Å². The summed E-state index contributed by atoms with van der Waals surface area (Å²) in [7, 11) is 0. The van der Waals surface area contributed by atoms with E-state index < -0.39 is 17.3 Å². The molecular formula is C15H17FN2O3. The topological polar surface area (TPSA) is 69.6 Å². The lowest BCUT2D eigenvalue weighted by Gasteiger charge is -2.42. The fourth-order valence-corrected chi connectivity index (χ4v) is 2.33. The minimum Gasteiger partial charge on any atom is -0.478 e. The number of hydrogen-bond acceptors (Lipinski definition) is 3. The van der Waals surface area contributed by atoms with Gasteiger partial charge in [-0.1, -0.05) is 6.07 Å². The number of carbonyl (C=O) groups is 2. The van der Waals surface area contributed by atoms with Gasteiger partial charge in [0.25, 0.3) is 0 Å². The van der Waals surface area contributed by atoms with Crippen LogP contribution in [0.25, 0.3) is 6.08 Å². The summed E-state index contributed by atoms with van der Waals surface area (Å²) in [4.78, 5) is 24.1. The number of carboxylic acid groups (broad SMARTS) is 1. The Bertz CT molecular complexity index is 611. The molecule has 21 heavy (non-hydrogen) atoms. The van der Waals surface area contributed by atoms with E-state index in [-0.39, 0.29) is 5.91 Å². The van der Waals surface area contributed by atoms with Crippen molar-refractivity contribution in [3.63, 3.8) is 0 Å². The number of benzene rings is 1. The fraction of sp³-hybridized carbons (Fsp3) is 0.333. The highest BCUT2D eigenvalue weighted by Gasteiger charge is 2.38. The smallest absolute Gasteiger partial charge is 0.328 e. The molecule has 112 valence electrons. The molecule has 0 spiro atoms. The molecule has 5 nitrogen and oxygen atoms in total. The van der Waals surface area contributed by atoms with Crippen molar-refractivity contribution in [3.05, 3.63) is 35.7 Å². The van der Waals surface area contributed by atoms with Gasteiger partial charge in [-0.15, -0.1) is 0 Å². The maximum Gasteiger partial charge on any atom is 0.328 e. The van der Waals surface area contributed by atoms with Crippen molar-refractivity contribution < 1.29 is 19.1 Å². The lowest BCUT2D eigenvalue weighted by molar-refractivity contribution is -0.131. The van der Waals surface area contributed by atoms with Gasteiger partial charge in [-0.05, 0) is 37.6 Å². The molecule has 0 atom stereocenters. The molecule has 0 aromatic heterocycles. The molecule has 0 unspecified atom stereocenters. The van der Waals surface area contributed by atoms with Gasteiger partial charge in [-0.25, -0.2) is 9.18 Å². The van der Waals surface area contributed by atoms with Gasteiger partial charge in [0.1, 0.15) is 11.4 Å². The largest absolute Gasteiger partial charge is 0.478 e. The SMILES string of the molecule is CC1(C)C(=O)NCCN1c1ccc(C=CC(=O)O)cc1F. The summed E-state index contributed by atoms with van der Waals surface area (Å²) < 4.78 is 14.3. The Kier molecular flexibility index (Phi) is 3.97. The van der Waals surface area contributed by atoms with E-state index >= 15 is 0 Å². The molecule has 1 aliphatic rings. The molecule has 2 rings (SSSR count). The molecule has 6 heteroatoms. The number of rotatable bonds is 3. The third-order valence-electron chi connectivity index (χ3n) is 3.53. The van der Waals surface area contributed by atoms with E-state index in [1.54, 1.807) is 30.9 Å². The van der Waals surface area contributed by atoms with Crippen LogP contribution >= 0.6 is 0 Å². The van der Waals surface area contributed by atoms with Crippen molar-refractivity contribution in [2.24, 2.45) is 0 Å². The van der Waals surface area contributed by atoms with Crippen LogP contribution in [0, 0.1) is 5.82 Å². The van der Waals surface area contributed by atoms with Gasteiger partial charge in [-0.3, -0.25) is 4.79 Å². The van der Waals surface area contributed by atoms with E-state index in [0.717, 1.165) is 6.08 Å². The van der Waals surface area contributed by atoms with Crippen LogP contribution in [0.5, 0.6) is 0 Å². The molecule has 1 heterocycles. The maximum absolute atomic E-state index is 14.3. The highest BCUT2D eigenvalue weighted by atomic mass is 19.1. The van der Waals surface area contributed by atoms with Crippen molar-refractivity contribution in [2.45, 2.75) is 19.4 Å². The average molecular weight is 292 g/mol. The Hall–Kier alpha value is -2.37. The first-order chi connectivity index (χ1) is 9.82. The zero-order valence-electron chi connectivity index (χ0n) is 11.9. The number of carboxylic acids is 1. The number of anilines is 1. The van der Waals surface area contributed by atoms with Crippen LogP contribution in [-0.4, -0.2) is 35.6 Å². The number of nitrogens with one attached hydrogen (secondary N) is 1. The van der Waals surface area contributed by atoms with E-state index in [9.17, 15) is 14.0 Å². The molecule has 1 aromatic rings. The number of amides is 1. The lowest BCUT2D eigenvalue weighted by atomic mass is 9.97. The number of nitrogens with zero attached hydrogens (tertiary/aromatic N) is 1. The molecule has 1 aliphatic heterocycles. The zero-order valence-corrected chi connectivity index (χ0v) is 11.9. The molecule has 1 aromatic carbocycles. The molecular weight excluding hydrogens is 275 g/mol. The minimum absolute atomic E-state index is 0.150. The van der Waals surface area contributed by atoms with Gasteiger partial charge in [0.2, 0.25) is 5.91 Å². The molecule has 2 N–H and O–H groups in total. The van der Waals surface area contributed by atoms with Crippen LogP contribution < -0.4 is 10.2 Å². The van der Waals surface area contributed by atoms with E-state index in [0.29, 0.717) is 24.3 Å². The predicted molar refractivity (Wildman–Crippen MR) is 77.5 cm³/mol. The Morgan fingerprint density at radius 2 is 2.19 bits per heavy atom. The lowest BCUT2D eigenvalue weighted by Crippen LogP contribution is -2.62. The number of piperazine rings is 1. The monoisotopic (exact) mass is 292 g/mol. The van der Waals surface area contributed by atoms with E-state index in [2.05, 4.69) is 5.32 Å². The Morgan fingerprint density at radius 1 is 1.48 bits per heavy atom. The number of aliphatic carboxylic acids is 1. The predicted octanol–water partition coefficient (Wildman–Crippen LogP) is 1.64. The highest BCUT2D eigenvalue weighted by Crippen LogP contribution is 2.29. The van der Waals surface area contributed by atoms with Crippen LogP contribution in [-0.2, 0) is 9.59 Å². The Labute approximate surface area is 122 Å². The summed E-state index contributed by atoms with van der Waals surface area (Å²) in [6.45, 7) is 4.45. The van der Waals surface area contributed by atoms with Crippen LogP contribution in [0.3, 0.4) is 0 Å². The van der Waals surface area contributed by atoms with Crippen LogP contribution in [0.1, 0.15) is 19.4 Å². The summed E-state index contributed by atoms with van der Waals surface area (Å²) in [5.74, 6) is -1.72. The molecule has 0 radical (unpaired) electrons. The van der Waals surface area contributed by atoms with Gasteiger partial charge in [0.05, 0.1) is 5.69 Å². The van der Waals surface area contributed by atoms with Gasteiger partial charge in [-0.2, -0.15) is 0 Å². The maximum atomic E-state index is 14.3. The summed E-state index contributed by atoms with van der Waals surface area (Å²) in [6.07, 6.45) is 2.27. The van der Waals surface area contributed by atoms with E-state index in [1.807, 2.05) is 0 Å². The second-order valence-electron chi connectivity index (χ2n) is 5.35. The Morgan fingerprint density at radius 3 is 2.81 bits per heavy atom. The van der Waals surface area contributed by atoms with Gasteiger partial charge in [0.15, 0.2) is 0 Å². The van der Waals surface area contributed by atoms with Crippen molar-refractivity contribution in [2.75, 3.05) is 18.0 Å². The second-order valence-corrected chi connectivity index (χ2v) is 5.35. The van der Waals surface area contributed by atoms with Crippen molar-refractivity contribution in [3.8, 4) is 0 Å². The van der Waals surface area contributed by atoms with Gasteiger partial charge >= 0.3 is 5.97 Å². The molecule has 1 fully saturated rings. The summed E-state index contributed by atoms with van der Waals surface area (Å²) in [5, 5.41) is 11.3. The zero-order chi connectivity index (χ0) is 15.6. The van der Waals surface area contributed by atoms with Crippen LogP contribution in [0.15, 0.2) is 24.3 Å². The summed E-state index contributed by atoms with van der Waals surface area (Å²) in [6, 6.07) is 4.45. The number of hydrogen-bond donors (Lipinski definition) is 2. The first-order valence-electron chi connectivity index (χ1n) is 6.59. The van der Waals surface area contributed by atoms with Gasteiger partial charge < -0.3 is 15.3 Å². The first kappa shape index (κ1) is 15.0.